The highest BCUT2D eigenvalue weighted by atomic mass is 32.2. The first-order valence-corrected chi connectivity index (χ1v) is 4.86. The van der Waals surface area contributed by atoms with Crippen LogP contribution in [0, 0.1) is 12.7 Å². The third kappa shape index (κ3) is 2.01. The zero-order chi connectivity index (χ0) is 10.0. The quantitative estimate of drug-likeness (QED) is 0.745. The maximum absolute atomic E-state index is 13.2. The second-order valence-electron chi connectivity index (χ2n) is 2.61. The topological polar surface area (TPSA) is 37.3 Å². The van der Waals surface area contributed by atoms with Crippen molar-refractivity contribution in [2.75, 3.05) is 6.26 Å². The van der Waals surface area contributed by atoms with Gasteiger partial charge < -0.3 is 5.11 Å². The molecule has 0 fully saturated rings. The Balaban J connectivity index is 3.30. The summed E-state index contributed by atoms with van der Waals surface area (Å²) < 4.78 is 13.2. The molecule has 0 radical (unpaired) electrons. The molecule has 1 aromatic rings. The Morgan fingerprint density at radius 1 is 1.54 bits per heavy atom. The van der Waals surface area contributed by atoms with Gasteiger partial charge in [-0.1, -0.05) is 0 Å². The Morgan fingerprint density at radius 2 is 2.15 bits per heavy atom. The molecule has 0 aliphatic rings. The largest absolute Gasteiger partial charge is 0.478 e. The third-order valence-corrected chi connectivity index (χ3v) is 2.42. The van der Waals surface area contributed by atoms with Crippen LogP contribution in [0.3, 0.4) is 0 Å². The van der Waals surface area contributed by atoms with E-state index in [0.29, 0.717) is 10.5 Å². The molecule has 0 amide bonds. The van der Waals surface area contributed by atoms with Crippen LogP contribution >= 0.6 is 11.8 Å². The Morgan fingerprint density at radius 3 is 2.62 bits per heavy atom. The first-order valence-electron chi connectivity index (χ1n) is 3.63. The average molecular weight is 200 g/mol. The Labute approximate surface area is 79.8 Å². The SMILES string of the molecule is CSc1cc(C(=O)O)cc(C)c1F. The molecule has 0 saturated carbocycles. The van der Waals surface area contributed by atoms with Crippen LogP contribution in [-0.4, -0.2) is 17.3 Å². The molecule has 0 saturated heterocycles. The summed E-state index contributed by atoms with van der Waals surface area (Å²) in [4.78, 5) is 11.0. The molecular weight excluding hydrogens is 191 g/mol. The van der Waals surface area contributed by atoms with Crippen molar-refractivity contribution >= 4 is 17.7 Å². The summed E-state index contributed by atoms with van der Waals surface area (Å²) in [5.74, 6) is -1.36. The van der Waals surface area contributed by atoms with E-state index in [1.807, 2.05) is 0 Å². The van der Waals surface area contributed by atoms with E-state index < -0.39 is 5.97 Å². The van der Waals surface area contributed by atoms with E-state index in [2.05, 4.69) is 0 Å². The Bertz CT molecular complexity index is 350. The van der Waals surface area contributed by atoms with Crippen LogP contribution < -0.4 is 0 Å². The van der Waals surface area contributed by atoms with Gasteiger partial charge in [-0.15, -0.1) is 11.8 Å². The fraction of sp³-hybridized carbons (Fsp3) is 0.222. The molecule has 0 aliphatic heterocycles. The number of hydrogen-bond donors (Lipinski definition) is 1. The number of thioether (sulfide) groups is 1. The van der Waals surface area contributed by atoms with Crippen molar-refractivity contribution in [3.63, 3.8) is 0 Å². The highest BCUT2D eigenvalue weighted by Crippen LogP contribution is 2.23. The minimum Gasteiger partial charge on any atom is -0.478 e. The third-order valence-electron chi connectivity index (χ3n) is 1.69. The van der Waals surface area contributed by atoms with E-state index in [0.717, 1.165) is 0 Å². The van der Waals surface area contributed by atoms with E-state index in [4.69, 9.17) is 5.11 Å². The molecule has 0 aromatic heterocycles. The van der Waals surface area contributed by atoms with E-state index in [1.165, 1.54) is 23.9 Å². The van der Waals surface area contributed by atoms with Crippen LogP contribution in [0.1, 0.15) is 15.9 Å². The number of hydrogen-bond acceptors (Lipinski definition) is 2. The molecule has 13 heavy (non-hydrogen) atoms. The summed E-state index contributed by atoms with van der Waals surface area (Å²) in [5, 5.41) is 8.69. The smallest absolute Gasteiger partial charge is 0.335 e. The number of benzene rings is 1. The van der Waals surface area contributed by atoms with Crippen molar-refractivity contribution < 1.29 is 14.3 Å². The summed E-state index contributed by atoms with van der Waals surface area (Å²) in [6.45, 7) is 1.56. The lowest BCUT2D eigenvalue weighted by molar-refractivity contribution is 0.0696. The summed E-state index contributed by atoms with van der Waals surface area (Å²) in [7, 11) is 0. The van der Waals surface area contributed by atoms with Gasteiger partial charge in [0.25, 0.3) is 0 Å². The maximum atomic E-state index is 13.2. The number of aromatic carboxylic acids is 1. The van der Waals surface area contributed by atoms with Gasteiger partial charge in [0, 0.05) is 4.90 Å². The fourth-order valence-corrected chi connectivity index (χ4v) is 1.59. The molecule has 0 bridgehead atoms. The number of rotatable bonds is 2. The van der Waals surface area contributed by atoms with Crippen LogP contribution in [0.15, 0.2) is 17.0 Å². The number of carbonyl (C=O) groups is 1. The van der Waals surface area contributed by atoms with Gasteiger partial charge in [-0.2, -0.15) is 0 Å². The zero-order valence-corrected chi connectivity index (χ0v) is 8.11. The summed E-state index contributed by atoms with van der Waals surface area (Å²) >= 11 is 1.20. The molecule has 4 heteroatoms. The van der Waals surface area contributed by atoms with Gasteiger partial charge in [-0.25, -0.2) is 9.18 Å². The van der Waals surface area contributed by atoms with Gasteiger partial charge in [-0.05, 0) is 30.9 Å². The molecule has 1 rings (SSSR count). The minimum atomic E-state index is -1.03. The molecule has 1 aromatic carbocycles. The molecule has 0 unspecified atom stereocenters. The maximum Gasteiger partial charge on any atom is 0.335 e. The van der Waals surface area contributed by atoms with Crippen molar-refractivity contribution in [3.8, 4) is 0 Å². The van der Waals surface area contributed by atoms with E-state index >= 15 is 0 Å². The van der Waals surface area contributed by atoms with Crippen molar-refractivity contribution in [3.05, 3.63) is 29.1 Å². The number of halogens is 1. The summed E-state index contributed by atoms with van der Waals surface area (Å²) in [6.07, 6.45) is 1.71. The van der Waals surface area contributed by atoms with E-state index in [1.54, 1.807) is 13.2 Å². The van der Waals surface area contributed by atoms with Crippen LogP contribution in [0.5, 0.6) is 0 Å². The first kappa shape index (κ1) is 10.1. The van der Waals surface area contributed by atoms with Gasteiger partial charge in [-0.3, -0.25) is 0 Å². The van der Waals surface area contributed by atoms with Gasteiger partial charge in [0.05, 0.1) is 5.56 Å². The molecule has 0 atom stereocenters. The molecule has 0 spiro atoms. The highest BCUT2D eigenvalue weighted by molar-refractivity contribution is 7.98. The van der Waals surface area contributed by atoms with Crippen LogP contribution in [-0.2, 0) is 0 Å². The summed E-state index contributed by atoms with van der Waals surface area (Å²) in [6, 6.07) is 2.67. The predicted molar refractivity (Wildman–Crippen MR) is 49.9 cm³/mol. The number of aryl methyl sites for hydroxylation is 1. The molecule has 1 N–H and O–H groups in total. The lowest BCUT2D eigenvalue weighted by atomic mass is 10.1. The van der Waals surface area contributed by atoms with Crippen molar-refractivity contribution in [2.45, 2.75) is 11.8 Å². The van der Waals surface area contributed by atoms with E-state index in [9.17, 15) is 9.18 Å². The minimum absolute atomic E-state index is 0.128. The average Bonchev–Trinajstić information content (AvgIpc) is 2.09. The molecular formula is C9H9FO2S. The van der Waals surface area contributed by atoms with Gasteiger partial charge in [0.15, 0.2) is 0 Å². The monoisotopic (exact) mass is 200 g/mol. The van der Waals surface area contributed by atoms with Crippen LogP contribution in [0.4, 0.5) is 4.39 Å². The molecule has 70 valence electrons. The van der Waals surface area contributed by atoms with Gasteiger partial charge in [0.2, 0.25) is 0 Å². The normalized spacial score (nSPS) is 10.1. The zero-order valence-electron chi connectivity index (χ0n) is 7.30. The van der Waals surface area contributed by atoms with Crippen LogP contribution in [0.2, 0.25) is 0 Å². The van der Waals surface area contributed by atoms with Crippen molar-refractivity contribution in [1.82, 2.24) is 0 Å². The summed E-state index contributed by atoms with van der Waals surface area (Å²) in [5.41, 5.74) is 0.493. The van der Waals surface area contributed by atoms with Crippen LogP contribution in [0.25, 0.3) is 0 Å². The Kier molecular flexibility index (Phi) is 2.93. The molecule has 2 nitrogen and oxygen atoms in total. The van der Waals surface area contributed by atoms with Crippen molar-refractivity contribution in [2.24, 2.45) is 0 Å². The standard InChI is InChI=1S/C9H9FO2S/c1-5-3-6(9(11)12)4-7(13-2)8(5)10/h3-4H,1-2H3,(H,11,12). The number of carboxylic acid groups (broad SMARTS) is 1. The number of carboxylic acids is 1. The fourth-order valence-electron chi connectivity index (χ4n) is 1.01. The lowest BCUT2D eigenvalue weighted by Gasteiger charge is -2.04. The van der Waals surface area contributed by atoms with Gasteiger partial charge in [0.1, 0.15) is 5.82 Å². The molecule has 0 heterocycles. The second-order valence-corrected chi connectivity index (χ2v) is 3.46. The first-order chi connectivity index (χ1) is 6.06. The Hall–Kier alpha value is -1.03. The molecule has 0 aliphatic carbocycles. The second kappa shape index (κ2) is 3.79. The highest BCUT2D eigenvalue weighted by Gasteiger charge is 2.10. The van der Waals surface area contributed by atoms with Gasteiger partial charge >= 0.3 is 5.97 Å². The predicted octanol–water partition coefficient (Wildman–Crippen LogP) is 2.55. The van der Waals surface area contributed by atoms with E-state index in [-0.39, 0.29) is 11.4 Å². The van der Waals surface area contributed by atoms with Crippen molar-refractivity contribution in [1.29, 1.82) is 0 Å². The lowest BCUT2D eigenvalue weighted by Crippen LogP contribution is -1.99.